The Bertz CT molecular complexity index is 64.6. The van der Waals surface area contributed by atoms with Crippen molar-refractivity contribution >= 4 is 0 Å². The third kappa shape index (κ3) is 5.54. The highest BCUT2D eigenvalue weighted by molar-refractivity contribution is 4.76. The molecule has 0 aliphatic rings. The Hall–Kier alpha value is -0.460. The van der Waals surface area contributed by atoms with Crippen LogP contribution in [0.1, 0.15) is 20.3 Å². The summed E-state index contributed by atoms with van der Waals surface area (Å²) in [5.74, 6) is 0.500. The molecule has 0 saturated heterocycles. The second kappa shape index (κ2) is 2.67. The maximum absolute atomic E-state index is 10.1. The van der Waals surface area contributed by atoms with Crippen molar-refractivity contribution in [3.8, 4) is 0 Å². The monoisotopic (exact) mass is 99.1 g/mol. The standard InChI is InChI=1S/C6H12O/c1-5(2)4-6(3)7/h5,7H,3-4H2,1-2H3/p-1. The van der Waals surface area contributed by atoms with Crippen LogP contribution in [-0.4, -0.2) is 0 Å². The van der Waals surface area contributed by atoms with Crippen LogP contribution in [0.2, 0.25) is 0 Å². The summed E-state index contributed by atoms with van der Waals surface area (Å²) in [6.45, 7) is 7.25. The lowest BCUT2D eigenvalue weighted by Crippen LogP contribution is -2.03. The van der Waals surface area contributed by atoms with Crippen LogP contribution in [0.5, 0.6) is 0 Å². The van der Waals surface area contributed by atoms with E-state index in [-0.39, 0.29) is 5.76 Å². The van der Waals surface area contributed by atoms with Gasteiger partial charge in [-0.05, 0) is 12.3 Å². The lowest BCUT2D eigenvalue weighted by molar-refractivity contribution is -0.307. The summed E-state index contributed by atoms with van der Waals surface area (Å²) < 4.78 is 0. The van der Waals surface area contributed by atoms with Gasteiger partial charge in [-0.3, -0.25) is 0 Å². The van der Waals surface area contributed by atoms with Gasteiger partial charge in [0.1, 0.15) is 0 Å². The average molecular weight is 99.2 g/mol. The summed E-state index contributed by atoms with van der Waals surface area (Å²) in [6, 6.07) is 0. The fourth-order valence-corrected chi connectivity index (χ4v) is 0.455. The average Bonchev–Trinajstić information content (AvgIpc) is 1.27. The van der Waals surface area contributed by atoms with E-state index in [0.29, 0.717) is 12.3 Å². The molecule has 0 saturated carbocycles. The van der Waals surface area contributed by atoms with Crippen LogP contribution < -0.4 is 5.11 Å². The molecule has 0 fully saturated rings. The zero-order valence-corrected chi connectivity index (χ0v) is 4.90. The Kier molecular flexibility index (Phi) is 2.49. The maximum atomic E-state index is 10.1. The van der Waals surface area contributed by atoms with E-state index < -0.39 is 0 Å². The van der Waals surface area contributed by atoms with Crippen molar-refractivity contribution in [1.82, 2.24) is 0 Å². The predicted molar refractivity (Wildman–Crippen MR) is 28.6 cm³/mol. The van der Waals surface area contributed by atoms with Crippen molar-refractivity contribution < 1.29 is 5.11 Å². The van der Waals surface area contributed by atoms with Crippen LogP contribution >= 0.6 is 0 Å². The first-order valence-corrected chi connectivity index (χ1v) is 2.47. The Morgan fingerprint density at radius 1 is 1.71 bits per heavy atom. The van der Waals surface area contributed by atoms with Gasteiger partial charge < -0.3 is 5.11 Å². The summed E-state index contributed by atoms with van der Waals surface area (Å²) in [5.41, 5.74) is 0. The number of allylic oxidation sites excluding steroid dienone is 1. The van der Waals surface area contributed by atoms with Crippen LogP contribution in [0.4, 0.5) is 0 Å². The molecule has 7 heavy (non-hydrogen) atoms. The van der Waals surface area contributed by atoms with E-state index in [9.17, 15) is 5.11 Å². The minimum absolute atomic E-state index is 0.0370. The highest BCUT2D eigenvalue weighted by atomic mass is 16.3. The molecule has 0 aromatic rings. The molecule has 0 unspecified atom stereocenters. The van der Waals surface area contributed by atoms with E-state index in [1.165, 1.54) is 0 Å². The van der Waals surface area contributed by atoms with Crippen LogP contribution in [0.15, 0.2) is 12.3 Å². The van der Waals surface area contributed by atoms with Gasteiger partial charge in [0.05, 0.1) is 0 Å². The quantitative estimate of drug-likeness (QED) is 0.472. The summed E-state index contributed by atoms with van der Waals surface area (Å²) in [5, 5.41) is 10.1. The van der Waals surface area contributed by atoms with Crippen LogP contribution in [0, 0.1) is 5.92 Å². The van der Waals surface area contributed by atoms with Gasteiger partial charge in [0.2, 0.25) is 0 Å². The Morgan fingerprint density at radius 2 is 2.14 bits per heavy atom. The molecule has 0 radical (unpaired) electrons. The third-order valence-electron chi connectivity index (χ3n) is 0.636. The van der Waals surface area contributed by atoms with Crippen LogP contribution in [0.25, 0.3) is 0 Å². The highest BCUT2D eigenvalue weighted by Gasteiger charge is 1.86. The minimum atomic E-state index is 0.0370. The molecule has 0 aromatic heterocycles. The molecular weight excluding hydrogens is 88.1 g/mol. The molecule has 1 heteroatoms. The zero-order valence-electron chi connectivity index (χ0n) is 4.90. The van der Waals surface area contributed by atoms with E-state index in [0.717, 1.165) is 0 Å². The number of hydrogen-bond acceptors (Lipinski definition) is 1. The smallest absolute Gasteiger partial charge is 0.0406 e. The molecule has 0 atom stereocenters. The van der Waals surface area contributed by atoms with Gasteiger partial charge in [0, 0.05) is 0 Å². The van der Waals surface area contributed by atoms with Crippen molar-refractivity contribution in [3.63, 3.8) is 0 Å². The van der Waals surface area contributed by atoms with Gasteiger partial charge >= 0.3 is 0 Å². The summed E-state index contributed by atoms with van der Waals surface area (Å²) >= 11 is 0. The molecule has 0 aliphatic heterocycles. The number of rotatable bonds is 2. The van der Waals surface area contributed by atoms with E-state index in [4.69, 9.17) is 0 Å². The van der Waals surface area contributed by atoms with Gasteiger partial charge in [0.25, 0.3) is 0 Å². The van der Waals surface area contributed by atoms with E-state index in [1.807, 2.05) is 13.8 Å². The molecule has 0 aromatic carbocycles. The lowest BCUT2D eigenvalue weighted by Gasteiger charge is -2.10. The summed E-state index contributed by atoms with van der Waals surface area (Å²) in [7, 11) is 0. The van der Waals surface area contributed by atoms with Crippen molar-refractivity contribution in [2.75, 3.05) is 0 Å². The van der Waals surface area contributed by atoms with Crippen molar-refractivity contribution in [1.29, 1.82) is 0 Å². The van der Waals surface area contributed by atoms with Crippen molar-refractivity contribution in [2.24, 2.45) is 5.92 Å². The van der Waals surface area contributed by atoms with Gasteiger partial charge in [0.15, 0.2) is 0 Å². The predicted octanol–water partition coefficient (Wildman–Crippen LogP) is 0.906. The largest absolute Gasteiger partial charge is 0.876 e. The Balaban J connectivity index is 3.13. The van der Waals surface area contributed by atoms with E-state index >= 15 is 0 Å². The second-order valence-corrected chi connectivity index (χ2v) is 2.14. The first-order valence-electron chi connectivity index (χ1n) is 2.47. The van der Waals surface area contributed by atoms with Gasteiger partial charge in [-0.25, -0.2) is 0 Å². The zero-order chi connectivity index (χ0) is 5.86. The lowest BCUT2D eigenvalue weighted by atomic mass is 10.1. The first kappa shape index (κ1) is 6.54. The molecule has 0 amide bonds. The molecular formula is C6H11O-. The van der Waals surface area contributed by atoms with E-state index in [1.54, 1.807) is 0 Å². The molecule has 42 valence electrons. The van der Waals surface area contributed by atoms with Crippen LogP contribution in [-0.2, 0) is 0 Å². The maximum Gasteiger partial charge on any atom is -0.0406 e. The molecule has 0 bridgehead atoms. The summed E-state index contributed by atoms with van der Waals surface area (Å²) in [6.07, 6.45) is 0.611. The van der Waals surface area contributed by atoms with E-state index in [2.05, 4.69) is 6.58 Å². The molecule has 0 aliphatic carbocycles. The Labute approximate surface area is 44.7 Å². The normalized spacial score (nSPS) is 9.57. The van der Waals surface area contributed by atoms with Crippen molar-refractivity contribution in [2.45, 2.75) is 20.3 Å². The van der Waals surface area contributed by atoms with Crippen LogP contribution in [0.3, 0.4) is 0 Å². The van der Waals surface area contributed by atoms with Crippen molar-refractivity contribution in [3.05, 3.63) is 12.3 Å². The van der Waals surface area contributed by atoms with Gasteiger partial charge in [-0.2, -0.15) is 0 Å². The third-order valence-corrected chi connectivity index (χ3v) is 0.636. The van der Waals surface area contributed by atoms with Gasteiger partial charge in [-0.15, -0.1) is 12.3 Å². The van der Waals surface area contributed by atoms with Gasteiger partial charge in [-0.1, -0.05) is 13.8 Å². The molecule has 0 rings (SSSR count). The molecule has 0 spiro atoms. The minimum Gasteiger partial charge on any atom is -0.876 e. The summed E-state index contributed by atoms with van der Waals surface area (Å²) in [4.78, 5) is 0. The first-order chi connectivity index (χ1) is 3.13. The SMILES string of the molecule is C=C([O-])CC(C)C. The molecule has 1 nitrogen and oxygen atoms in total. The second-order valence-electron chi connectivity index (χ2n) is 2.14. The highest BCUT2D eigenvalue weighted by Crippen LogP contribution is 2.01. The topological polar surface area (TPSA) is 23.1 Å². The molecule has 0 heterocycles. The fraction of sp³-hybridized carbons (Fsp3) is 0.667. The fourth-order valence-electron chi connectivity index (χ4n) is 0.455. The number of hydrogen-bond donors (Lipinski definition) is 0. The molecule has 0 N–H and O–H groups in total. The Morgan fingerprint density at radius 3 is 2.14 bits per heavy atom.